The van der Waals surface area contributed by atoms with Gasteiger partial charge in [-0.25, -0.2) is 5.43 Å². The number of nitrogens with one attached hydrogen (secondary N) is 2. The van der Waals surface area contributed by atoms with Crippen molar-refractivity contribution in [1.82, 2.24) is 10.7 Å². The number of ether oxygens (including phenoxy) is 1. The molecule has 7 heteroatoms. The fourth-order valence-electron chi connectivity index (χ4n) is 2.78. The van der Waals surface area contributed by atoms with Crippen molar-refractivity contribution in [2.24, 2.45) is 5.10 Å². The van der Waals surface area contributed by atoms with Gasteiger partial charge in [-0.1, -0.05) is 55.3 Å². The second-order valence-corrected chi connectivity index (χ2v) is 7.53. The first kappa shape index (κ1) is 24.4. The summed E-state index contributed by atoms with van der Waals surface area (Å²) in [6.07, 6.45) is 5.68. The van der Waals surface area contributed by atoms with E-state index in [-0.39, 0.29) is 11.8 Å². The third-order valence-corrected chi connectivity index (χ3v) is 4.93. The highest BCUT2D eigenvalue weighted by Crippen LogP contribution is 2.20. The summed E-state index contributed by atoms with van der Waals surface area (Å²) in [7, 11) is 0. The van der Waals surface area contributed by atoms with Crippen LogP contribution >= 0.6 is 11.6 Å². The van der Waals surface area contributed by atoms with E-state index in [2.05, 4.69) is 22.8 Å². The normalized spacial score (nSPS) is 10.8. The zero-order valence-electron chi connectivity index (χ0n) is 17.9. The molecule has 2 rings (SSSR count). The lowest BCUT2D eigenvalue weighted by Gasteiger charge is -2.10. The lowest BCUT2D eigenvalue weighted by atomic mass is 10.2. The SMILES string of the molecule is CCCCNC(=O)CCCCC(=O)N/N=C/c1ccccc1OCc1ccccc1Cl. The topological polar surface area (TPSA) is 79.8 Å². The summed E-state index contributed by atoms with van der Waals surface area (Å²) in [5.41, 5.74) is 4.17. The largest absolute Gasteiger partial charge is 0.488 e. The maximum Gasteiger partial charge on any atom is 0.240 e. The number of para-hydroxylation sites is 1. The Morgan fingerprint density at radius 3 is 2.48 bits per heavy atom. The van der Waals surface area contributed by atoms with E-state index in [1.807, 2.05) is 48.5 Å². The van der Waals surface area contributed by atoms with Crippen LogP contribution in [0.25, 0.3) is 0 Å². The molecule has 0 fully saturated rings. The third kappa shape index (κ3) is 9.66. The predicted molar refractivity (Wildman–Crippen MR) is 124 cm³/mol. The van der Waals surface area contributed by atoms with Crippen molar-refractivity contribution in [1.29, 1.82) is 0 Å². The molecule has 0 aliphatic rings. The van der Waals surface area contributed by atoms with Crippen LogP contribution in [0.3, 0.4) is 0 Å². The van der Waals surface area contributed by atoms with Gasteiger partial charge in [-0.3, -0.25) is 9.59 Å². The number of hydrazone groups is 1. The monoisotopic (exact) mass is 443 g/mol. The molecule has 0 saturated carbocycles. The van der Waals surface area contributed by atoms with Gasteiger partial charge in [0, 0.05) is 35.5 Å². The highest BCUT2D eigenvalue weighted by Gasteiger charge is 2.05. The Hall–Kier alpha value is -2.86. The molecule has 0 aliphatic heterocycles. The van der Waals surface area contributed by atoms with E-state index in [9.17, 15) is 9.59 Å². The summed E-state index contributed by atoms with van der Waals surface area (Å²) in [5.74, 6) is 0.506. The second-order valence-electron chi connectivity index (χ2n) is 7.12. The Bertz CT molecular complexity index is 871. The van der Waals surface area contributed by atoms with Gasteiger partial charge in [0.1, 0.15) is 12.4 Å². The van der Waals surface area contributed by atoms with Crippen LogP contribution in [0.15, 0.2) is 53.6 Å². The molecular formula is C24H30ClN3O3. The summed E-state index contributed by atoms with van der Waals surface area (Å²) in [5, 5.41) is 7.55. The molecule has 0 aliphatic carbocycles. The standard InChI is InChI=1S/C24H30ClN3O3/c1-2-3-16-26-23(29)14-8-9-15-24(30)28-27-17-19-10-5-7-13-22(19)31-18-20-11-4-6-12-21(20)25/h4-7,10-13,17H,2-3,8-9,14-16,18H2,1H3,(H,26,29)(H,28,30)/b27-17+. The first-order valence-corrected chi connectivity index (χ1v) is 11.0. The van der Waals surface area contributed by atoms with Gasteiger partial charge in [0.25, 0.3) is 0 Å². The van der Waals surface area contributed by atoms with Crippen LogP contribution in [-0.4, -0.2) is 24.6 Å². The first-order chi connectivity index (χ1) is 15.1. The van der Waals surface area contributed by atoms with Gasteiger partial charge < -0.3 is 10.1 Å². The highest BCUT2D eigenvalue weighted by molar-refractivity contribution is 6.31. The van der Waals surface area contributed by atoms with Crippen LogP contribution in [0.5, 0.6) is 5.75 Å². The highest BCUT2D eigenvalue weighted by atomic mass is 35.5. The van der Waals surface area contributed by atoms with Crippen LogP contribution in [0, 0.1) is 0 Å². The van der Waals surface area contributed by atoms with Crippen LogP contribution in [0.4, 0.5) is 0 Å². The van der Waals surface area contributed by atoms with Crippen molar-refractivity contribution in [3.05, 3.63) is 64.7 Å². The molecule has 0 heterocycles. The molecule has 0 aromatic heterocycles. The maximum absolute atomic E-state index is 12.0. The van der Waals surface area contributed by atoms with E-state index in [0.29, 0.717) is 49.6 Å². The average molecular weight is 444 g/mol. The van der Waals surface area contributed by atoms with E-state index in [1.165, 1.54) is 0 Å². The van der Waals surface area contributed by atoms with Crippen molar-refractivity contribution in [2.75, 3.05) is 6.54 Å². The molecule has 0 bridgehead atoms. The third-order valence-electron chi connectivity index (χ3n) is 4.56. The Labute approximate surface area is 189 Å². The van der Waals surface area contributed by atoms with Gasteiger partial charge >= 0.3 is 0 Å². The molecule has 0 spiro atoms. The van der Waals surface area contributed by atoms with Crippen molar-refractivity contribution in [3.63, 3.8) is 0 Å². The minimum Gasteiger partial charge on any atom is -0.488 e. The number of rotatable bonds is 13. The minimum absolute atomic E-state index is 0.0419. The molecular weight excluding hydrogens is 414 g/mol. The van der Waals surface area contributed by atoms with E-state index in [1.54, 1.807) is 6.21 Å². The van der Waals surface area contributed by atoms with Gasteiger partial charge in [-0.05, 0) is 37.5 Å². The van der Waals surface area contributed by atoms with Gasteiger partial charge in [0.2, 0.25) is 11.8 Å². The predicted octanol–water partition coefficient (Wildman–Crippen LogP) is 4.85. The molecule has 2 amide bonds. The lowest BCUT2D eigenvalue weighted by Crippen LogP contribution is -2.24. The van der Waals surface area contributed by atoms with E-state index >= 15 is 0 Å². The number of hydrogen-bond acceptors (Lipinski definition) is 4. The molecule has 2 aromatic carbocycles. The number of halogens is 1. The lowest BCUT2D eigenvalue weighted by molar-refractivity contribution is -0.123. The Morgan fingerprint density at radius 2 is 1.71 bits per heavy atom. The summed E-state index contributed by atoms with van der Waals surface area (Å²) >= 11 is 6.17. The number of amides is 2. The van der Waals surface area contributed by atoms with Crippen molar-refractivity contribution >= 4 is 29.6 Å². The number of carbonyl (C=O) groups excluding carboxylic acids is 2. The number of benzene rings is 2. The molecule has 0 unspecified atom stereocenters. The van der Waals surface area contributed by atoms with Gasteiger partial charge in [-0.2, -0.15) is 5.10 Å². The fraction of sp³-hybridized carbons (Fsp3) is 0.375. The van der Waals surface area contributed by atoms with Gasteiger partial charge in [-0.15, -0.1) is 0 Å². The number of hydrogen-bond donors (Lipinski definition) is 2. The maximum atomic E-state index is 12.0. The molecule has 6 nitrogen and oxygen atoms in total. The molecule has 166 valence electrons. The summed E-state index contributed by atoms with van der Waals surface area (Å²) < 4.78 is 5.87. The van der Waals surface area contributed by atoms with E-state index in [4.69, 9.17) is 16.3 Å². The molecule has 31 heavy (non-hydrogen) atoms. The van der Waals surface area contributed by atoms with Crippen LogP contribution < -0.4 is 15.5 Å². The number of unbranched alkanes of at least 4 members (excludes halogenated alkanes) is 2. The summed E-state index contributed by atoms with van der Waals surface area (Å²) in [6.45, 7) is 3.14. The Kier molecular flexibility index (Phi) is 11.2. The van der Waals surface area contributed by atoms with Crippen LogP contribution in [0.1, 0.15) is 56.6 Å². The molecule has 2 aromatic rings. The quantitative estimate of drug-likeness (QED) is 0.264. The molecule has 0 atom stereocenters. The summed E-state index contributed by atoms with van der Waals surface area (Å²) in [6, 6.07) is 15.0. The van der Waals surface area contributed by atoms with E-state index in [0.717, 1.165) is 24.0 Å². The minimum atomic E-state index is -0.183. The van der Waals surface area contributed by atoms with Crippen molar-refractivity contribution in [3.8, 4) is 5.75 Å². The Balaban J connectivity index is 1.73. The Morgan fingerprint density at radius 1 is 1.00 bits per heavy atom. The van der Waals surface area contributed by atoms with Crippen LogP contribution in [-0.2, 0) is 16.2 Å². The van der Waals surface area contributed by atoms with Crippen LogP contribution in [0.2, 0.25) is 5.02 Å². The summed E-state index contributed by atoms with van der Waals surface area (Å²) in [4.78, 5) is 23.6. The average Bonchev–Trinajstić information content (AvgIpc) is 2.77. The zero-order chi connectivity index (χ0) is 22.3. The van der Waals surface area contributed by atoms with Crippen molar-refractivity contribution in [2.45, 2.75) is 52.1 Å². The van der Waals surface area contributed by atoms with Gasteiger partial charge in [0.05, 0.1) is 6.21 Å². The van der Waals surface area contributed by atoms with Gasteiger partial charge in [0.15, 0.2) is 0 Å². The van der Waals surface area contributed by atoms with E-state index < -0.39 is 0 Å². The number of nitrogens with zero attached hydrogens (tertiary/aromatic N) is 1. The second kappa shape index (κ2) is 14.2. The fourth-order valence-corrected chi connectivity index (χ4v) is 2.97. The molecule has 0 radical (unpaired) electrons. The number of carbonyl (C=O) groups is 2. The molecule has 0 saturated heterocycles. The molecule has 2 N–H and O–H groups in total. The smallest absolute Gasteiger partial charge is 0.240 e. The first-order valence-electron chi connectivity index (χ1n) is 10.6. The zero-order valence-corrected chi connectivity index (χ0v) is 18.7. The van der Waals surface area contributed by atoms with Crippen molar-refractivity contribution < 1.29 is 14.3 Å².